The number of benzene rings is 1. The largest absolute Gasteiger partial charge is 0.497 e. The number of aromatic nitrogens is 1. The van der Waals surface area contributed by atoms with Crippen molar-refractivity contribution >= 4 is 28.7 Å². The van der Waals surface area contributed by atoms with Gasteiger partial charge in [0.15, 0.2) is 11.8 Å². The first-order chi connectivity index (χ1) is 23.9. The number of ether oxygens (including phenoxy) is 4. The molecular formula is C41H60N4O5. The average Bonchev–Trinajstić information content (AvgIpc) is 3.80. The molecule has 0 radical (unpaired) electrons. The van der Waals surface area contributed by atoms with Gasteiger partial charge in [-0.05, 0) is 79.2 Å². The zero-order chi connectivity index (χ0) is 35.6. The number of carbonyl (C=O) groups excluding carboxylic acids is 1. The third kappa shape index (κ3) is 8.13. The number of carbonyl (C=O) groups is 1. The van der Waals surface area contributed by atoms with E-state index in [1.165, 1.54) is 12.8 Å². The molecule has 9 heteroatoms. The van der Waals surface area contributed by atoms with E-state index in [0.717, 1.165) is 79.2 Å². The summed E-state index contributed by atoms with van der Waals surface area (Å²) in [6, 6.07) is 8.38. The third-order valence-corrected chi connectivity index (χ3v) is 11.7. The fraction of sp³-hybridized carbons (Fsp3) is 0.707. The van der Waals surface area contributed by atoms with Crippen LogP contribution in [-0.4, -0.2) is 79.2 Å². The zero-order valence-corrected chi connectivity index (χ0v) is 31.7. The number of rotatable bonds is 13. The van der Waals surface area contributed by atoms with E-state index in [4.69, 9.17) is 28.9 Å². The quantitative estimate of drug-likeness (QED) is 0.155. The first kappa shape index (κ1) is 36.6. The van der Waals surface area contributed by atoms with Crippen LogP contribution in [0.5, 0.6) is 5.75 Å². The molecule has 50 heavy (non-hydrogen) atoms. The second-order valence-corrected chi connectivity index (χ2v) is 17.2. The van der Waals surface area contributed by atoms with Crippen LogP contribution in [0.2, 0.25) is 0 Å². The lowest BCUT2D eigenvalue weighted by atomic mass is 9.72. The molecule has 7 rings (SSSR count). The van der Waals surface area contributed by atoms with Crippen LogP contribution in [0.15, 0.2) is 40.4 Å². The van der Waals surface area contributed by atoms with Gasteiger partial charge in [-0.25, -0.2) is 9.98 Å². The lowest BCUT2D eigenvalue weighted by molar-refractivity contribution is -0.158. The van der Waals surface area contributed by atoms with Crippen molar-refractivity contribution in [3.63, 3.8) is 0 Å². The Balaban J connectivity index is 1.12. The van der Waals surface area contributed by atoms with E-state index in [1.807, 2.05) is 30.5 Å². The molecule has 0 aliphatic carbocycles. The molecule has 3 fully saturated rings. The number of pyridine rings is 1. The molecule has 9 nitrogen and oxygen atoms in total. The molecule has 5 aliphatic heterocycles. The van der Waals surface area contributed by atoms with Crippen molar-refractivity contribution in [1.29, 1.82) is 0 Å². The van der Waals surface area contributed by atoms with Gasteiger partial charge in [0, 0.05) is 30.1 Å². The van der Waals surface area contributed by atoms with Gasteiger partial charge in [-0.2, -0.15) is 0 Å². The van der Waals surface area contributed by atoms with Crippen LogP contribution in [0, 0.1) is 28.6 Å². The molecule has 1 unspecified atom stereocenters. The topological polar surface area (TPSA) is 94.8 Å². The van der Waals surface area contributed by atoms with Gasteiger partial charge in [0.05, 0.1) is 30.8 Å². The molecule has 0 saturated carbocycles. The van der Waals surface area contributed by atoms with Crippen molar-refractivity contribution < 1.29 is 23.7 Å². The number of fused-ring (bicyclic) bond motifs is 4. The van der Waals surface area contributed by atoms with Crippen molar-refractivity contribution in [3.05, 3.63) is 36.0 Å². The molecule has 5 aliphatic rings. The minimum atomic E-state index is -0.355. The SMILES string of the molecule is CC[C@H]1CN2CC[C@H]1C[C@@H]2[C@@H](OC(=O)CCCCCC(C1=N[C@@H](C(C)(C)C)CO1)C1=N[C@@H](C(C)(C)C)CO1)c1ccnc2ccc(OC)cc12. The number of piperidine rings is 3. The Labute approximate surface area is 299 Å². The molecule has 6 heterocycles. The van der Waals surface area contributed by atoms with Gasteiger partial charge in [0.1, 0.15) is 31.0 Å². The van der Waals surface area contributed by atoms with E-state index in [2.05, 4.69) is 58.4 Å². The van der Waals surface area contributed by atoms with E-state index in [1.54, 1.807) is 7.11 Å². The van der Waals surface area contributed by atoms with Crippen LogP contribution in [0.4, 0.5) is 0 Å². The number of unbranched alkanes of at least 4 members (excludes halogenated alkanes) is 2. The summed E-state index contributed by atoms with van der Waals surface area (Å²) in [5, 5.41) is 0.988. The standard InChI is InChI=1S/C41H60N4O5/c1-9-26-23-45-20-18-27(26)21-33(45)37(29-17-19-42-32-16-15-28(47-8)22-31(29)32)50-36(46)14-12-10-11-13-30(38-43-34(24-48-38)40(2,3)4)39-44-35(25-49-39)41(5,6)7/h15-17,19,22,26-27,30,33-35,37H,9-14,18,20-21,23-25H2,1-8H3/t26-,27-,33+,34+,35+,37-/m0/s1. The Morgan fingerprint density at radius 2 is 1.68 bits per heavy atom. The lowest BCUT2D eigenvalue weighted by Gasteiger charge is -2.51. The maximum Gasteiger partial charge on any atom is 0.306 e. The summed E-state index contributed by atoms with van der Waals surface area (Å²) in [7, 11) is 1.68. The average molecular weight is 689 g/mol. The number of aliphatic imine (C=N–C) groups is 2. The van der Waals surface area contributed by atoms with Crippen LogP contribution in [0.3, 0.4) is 0 Å². The maximum atomic E-state index is 13.7. The predicted molar refractivity (Wildman–Crippen MR) is 199 cm³/mol. The van der Waals surface area contributed by atoms with Crippen LogP contribution in [0.25, 0.3) is 10.9 Å². The number of hydrogen-bond acceptors (Lipinski definition) is 9. The van der Waals surface area contributed by atoms with Gasteiger partial charge in [-0.1, -0.05) is 67.7 Å². The van der Waals surface area contributed by atoms with Crippen molar-refractivity contribution in [2.24, 2.45) is 38.6 Å². The van der Waals surface area contributed by atoms with E-state index < -0.39 is 0 Å². The van der Waals surface area contributed by atoms with E-state index in [0.29, 0.717) is 31.5 Å². The molecule has 2 aromatic rings. The van der Waals surface area contributed by atoms with Crippen molar-refractivity contribution in [2.45, 2.75) is 124 Å². The Kier molecular flexibility index (Phi) is 11.1. The van der Waals surface area contributed by atoms with Crippen molar-refractivity contribution in [1.82, 2.24) is 9.88 Å². The van der Waals surface area contributed by atoms with E-state index in [9.17, 15) is 4.79 Å². The molecule has 1 aromatic heterocycles. The first-order valence-electron chi connectivity index (χ1n) is 19.1. The van der Waals surface area contributed by atoms with Gasteiger partial charge in [0.25, 0.3) is 0 Å². The highest BCUT2D eigenvalue weighted by molar-refractivity contribution is 6.01. The monoisotopic (exact) mass is 688 g/mol. The number of methoxy groups -OCH3 is 1. The van der Waals surface area contributed by atoms with E-state index in [-0.39, 0.29) is 46.9 Å². The molecule has 2 bridgehead atoms. The number of hydrogen-bond donors (Lipinski definition) is 0. The zero-order valence-electron chi connectivity index (χ0n) is 31.7. The van der Waals surface area contributed by atoms with Gasteiger partial charge < -0.3 is 18.9 Å². The highest BCUT2D eigenvalue weighted by atomic mass is 16.5. The summed E-state index contributed by atoms with van der Waals surface area (Å²) in [5.41, 5.74) is 1.96. The van der Waals surface area contributed by atoms with Gasteiger partial charge in [-0.15, -0.1) is 0 Å². The molecule has 1 aromatic carbocycles. The summed E-state index contributed by atoms with van der Waals surface area (Å²) >= 11 is 0. The normalized spacial score (nSPS) is 27.1. The molecular weight excluding hydrogens is 628 g/mol. The molecule has 0 N–H and O–H groups in total. The first-order valence-corrected chi connectivity index (χ1v) is 19.1. The predicted octanol–water partition coefficient (Wildman–Crippen LogP) is 8.20. The lowest BCUT2D eigenvalue weighted by Crippen LogP contribution is -2.55. The summed E-state index contributed by atoms with van der Waals surface area (Å²) in [5.74, 6) is 3.44. The second-order valence-electron chi connectivity index (χ2n) is 17.2. The Morgan fingerprint density at radius 1 is 0.980 bits per heavy atom. The summed E-state index contributed by atoms with van der Waals surface area (Å²) < 4.78 is 24.5. The third-order valence-electron chi connectivity index (χ3n) is 11.7. The molecule has 274 valence electrons. The maximum absolute atomic E-state index is 13.7. The minimum absolute atomic E-state index is 0.0251. The van der Waals surface area contributed by atoms with Gasteiger partial charge >= 0.3 is 5.97 Å². The Bertz CT molecular complexity index is 1520. The second kappa shape index (κ2) is 15.2. The fourth-order valence-corrected chi connectivity index (χ4v) is 8.23. The van der Waals surface area contributed by atoms with Crippen molar-refractivity contribution in [2.75, 3.05) is 33.4 Å². The highest BCUT2D eigenvalue weighted by Crippen LogP contribution is 2.44. The summed E-state index contributed by atoms with van der Waals surface area (Å²) in [6.45, 7) is 18.9. The smallest absolute Gasteiger partial charge is 0.306 e. The Hall–Kier alpha value is -3.20. The molecule has 0 spiro atoms. The molecule has 7 atom stereocenters. The van der Waals surface area contributed by atoms with Crippen molar-refractivity contribution in [3.8, 4) is 5.75 Å². The molecule has 3 saturated heterocycles. The Morgan fingerprint density at radius 3 is 2.26 bits per heavy atom. The van der Waals surface area contributed by atoms with Crippen LogP contribution >= 0.6 is 0 Å². The van der Waals surface area contributed by atoms with Crippen LogP contribution < -0.4 is 4.74 Å². The molecule has 0 amide bonds. The fourth-order valence-electron chi connectivity index (χ4n) is 8.23. The highest BCUT2D eigenvalue weighted by Gasteiger charge is 2.45. The summed E-state index contributed by atoms with van der Waals surface area (Å²) in [6.07, 6.45) is 8.74. The number of esters is 1. The van der Waals surface area contributed by atoms with E-state index >= 15 is 0 Å². The van der Waals surface area contributed by atoms with Gasteiger partial charge in [0.2, 0.25) is 0 Å². The van der Waals surface area contributed by atoms with Crippen LogP contribution in [0.1, 0.15) is 112 Å². The summed E-state index contributed by atoms with van der Waals surface area (Å²) in [4.78, 5) is 30.9. The van der Waals surface area contributed by atoms with Crippen LogP contribution in [-0.2, 0) is 19.0 Å². The number of nitrogens with zero attached hydrogens (tertiary/aromatic N) is 4. The minimum Gasteiger partial charge on any atom is -0.497 e. The van der Waals surface area contributed by atoms with Gasteiger partial charge in [-0.3, -0.25) is 14.7 Å².